The molecule has 4 unspecified atom stereocenters. The molecule has 4 atom stereocenters. The first-order chi connectivity index (χ1) is 20.6. The summed E-state index contributed by atoms with van der Waals surface area (Å²) in [7, 11) is 0. The number of nitrogens with one attached hydrogen (secondary N) is 4. The largest absolute Gasteiger partial charge is 0.481 e. The third-order valence-corrected chi connectivity index (χ3v) is 6.95. The van der Waals surface area contributed by atoms with Gasteiger partial charge in [0.15, 0.2) is 0 Å². The van der Waals surface area contributed by atoms with E-state index in [0.717, 1.165) is 10.9 Å². The number of hydrogen-bond donors (Lipinski definition) is 8. The SMILES string of the molecule is NCCCCC(N)C(=O)NC(CC(=O)O)C(=O)NC(Cc1c[nH]c2ccccc12)C(=O)NC(Cc1ccccc1)C(=O)O. The molecule has 0 saturated carbocycles. The van der Waals surface area contributed by atoms with Gasteiger partial charge in [-0.05, 0) is 36.6 Å². The van der Waals surface area contributed by atoms with Crippen molar-refractivity contribution in [3.05, 3.63) is 71.9 Å². The number of carbonyl (C=O) groups excluding carboxylic acids is 3. The average molecular weight is 595 g/mol. The molecule has 0 radical (unpaired) electrons. The lowest BCUT2D eigenvalue weighted by atomic mass is 10.0. The van der Waals surface area contributed by atoms with Crippen LogP contribution in [0.15, 0.2) is 60.8 Å². The van der Waals surface area contributed by atoms with E-state index in [1.807, 2.05) is 24.3 Å². The number of amides is 3. The van der Waals surface area contributed by atoms with Crippen LogP contribution in [0, 0.1) is 0 Å². The normalized spacial score (nSPS) is 13.8. The highest BCUT2D eigenvalue weighted by Crippen LogP contribution is 2.19. The quantitative estimate of drug-likeness (QED) is 0.101. The van der Waals surface area contributed by atoms with Gasteiger partial charge in [0.1, 0.15) is 18.1 Å². The van der Waals surface area contributed by atoms with E-state index < -0.39 is 60.2 Å². The summed E-state index contributed by atoms with van der Waals surface area (Å²) in [5.41, 5.74) is 13.5. The fraction of sp³-hybridized carbons (Fsp3) is 0.367. The van der Waals surface area contributed by atoms with E-state index in [0.29, 0.717) is 30.5 Å². The Bertz CT molecular complexity index is 1410. The summed E-state index contributed by atoms with van der Waals surface area (Å²) in [4.78, 5) is 66.3. The molecule has 0 saturated heterocycles. The Kier molecular flexibility index (Phi) is 12.2. The van der Waals surface area contributed by atoms with Gasteiger partial charge in [-0.15, -0.1) is 0 Å². The van der Waals surface area contributed by atoms with Crippen LogP contribution in [0.25, 0.3) is 10.9 Å². The highest BCUT2D eigenvalue weighted by Gasteiger charge is 2.32. The lowest BCUT2D eigenvalue weighted by molar-refractivity contribution is -0.143. The molecule has 43 heavy (non-hydrogen) atoms. The molecule has 0 aliphatic carbocycles. The molecular formula is C30H38N6O7. The van der Waals surface area contributed by atoms with Crippen LogP contribution in [0.4, 0.5) is 0 Å². The predicted octanol–water partition coefficient (Wildman–Crippen LogP) is 0.423. The second-order valence-electron chi connectivity index (χ2n) is 10.3. The highest BCUT2D eigenvalue weighted by atomic mass is 16.4. The van der Waals surface area contributed by atoms with E-state index >= 15 is 0 Å². The van der Waals surface area contributed by atoms with Gasteiger partial charge in [0.25, 0.3) is 0 Å². The number of fused-ring (bicyclic) bond motifs is 1. The van der Waals surface area contributed by atoms with Crippen LogP contribution < -0.4 is 27.4 Å². The van der Waals surface area contributed by atoms with E-state index in [1.54, 1.807) is 36.5 Å². The summed E-state index contributed by atoms with van der Waals surface area (Å²) in [6.45, 7) is 0.423. The zero-order valence-electron chi connectivity index (χ0n) is 23.6. The summed E-state index contributed by atoms with van der Waals surface area (Å²) < 4.78 is 0. The van der Waals surface area contributed by atoms with Crippen molar-refractivity contribution >= 4 is 40.6 Å². The smallest absolute Gasteiger partial charge is 0.326 e. The van der Waals surface area contributed by atoms with E-state index in [4.69, 9.17) is 11.5 Å². The van der Waals surface area contributed by atoms with Gasteiger partial charge < -0.3 is 42.6 Å². The monoisotopic (exact) mass is 594 g/mol. The molecule has 1 heterocycles. The summed E-state index contributed by atoms with van der Waals surface area (Å²) in [5, 5.41) is 27.4. The number of hydrogen-bond acceptors (Lipinski definition) is 7. The minimum Gasteiger partial charge on any atom is -0.481 e. The van der Waals surface area contributed by atoms with Crippen LogP contribution in [0.5, 0.6) is 0 Å². The van der Waals surface area contributed by atoms with Gasteiger partial charge in [0, 0.05) is 29.9 Å². The number of aliphatic carboxylic acids is 2. The van der Waals surface area contributed by atoms with E-state index in [1.165, 1.54) is 0 Å². The minimum absolute atomic E-state index is 0.00456. The first-order valence-electron chi connectivity index (χ1n) is 14.0. The number of carbonyl (C=O) groups is 5. The first kappa shape index (κ1) is 32.8. The summed E-state index contributed by atoms with van der Waals surface area (Å²) in [6, 6.07) is 10.9. The molecule has 10 N–H and O–H groups in total. The van der Waals surface area contributed by atoms with Crippen molar-refractivity contribution in [2.75, 3.05) is 6.54 Å². The molecule has 0 aliphatic rings. The maximum atomic E-state index is 13.5. The van der Waals surface area contributed by atoms with Crippen LogP contribution in [0.2, 0.25) is 0 Å². The molecule has 0 aliphatic heterocycles. The first-order valence-corrected chi connectivity index (χ1v) is 14.0. The number of benzene rings is 2. The number of carboxylic acid groups (broad SMARTS) is 2. The Morgan fingerprint density at radius 2 is 1.40 bits per heavy atom. The van der Waals surface area contributed by atoms with E-state index in [2.05, 4.69) is 20.9 Å². The van der Waals surface area contributed by atoms with Crippen molar-refractivity contribution in [3.8, 4) is 0 Å². The van der Waals surface area contributed by atoms with Gasteiger partial charge >= 0.3 is 11.9 Å². The third kappa shape index (κ3) is 9.94. The van der Waals surface area contributed by atoms with Crippen molar-refractivity contribution in [2.24, 2.45) is 11.5 Å². The van der Waals surface area contributed by atoms with Crippen molar-refractivity contribution in [3.63, 3.8) is 0 Å². The Morgan fingerprint density at radius 3 is 2.07 bits per heavy atom. The second kappa shape index (κ2) is 16.0. The average Bonchev–Trinajstić information content (AvgIpc) is 3.39. The standard InChI is InChI=1S/C30H38N6O7/c31-13-7-6-11-21(32)27(39)34-24(16-26(37)38)29(41)35-23(15-19-17-33-22-12-5-4-10-20(19)22)28(40)36-25(30(42)43)14-18-8-2-1-3-9-18/h1-5,8-10,12,17,21,23-25,33H,6-7,11,13-16,31-32H2,(H,34,39)(H,35,41)(H,36,40)(H,37,38)(H,42,43). The van der Waals surface area contributed by atoms with Crippen molar-refractivity contribution in [1.82, 2.24) is 20.9 Å². The minimum atomic E-state index is -1.54. The van der Waals surface area contributed by atoms with Crippen LogP contribution in [0.3, 0.4) is 0 Å². The number of unbranched alkanes of at least 4 members (excludes halogenated alkanes) is 1. The van der Waals surface area contributed by atoms with Crippen molar-refractivity contribution in [1.29, 1.82) is 0 Å². The number of para-hydroxylation sites is 1. The number of H-pyrrole nitrogens is 1. The van der Waals surface area contributed by atoms with Gasteiger partial charge in [-0.3, -0.25) is 19.2 Å². The Balaban J connectivity index is 1.83. The zero-order valence-corrected chi connectivity index (χ0v) is 23.6. The molecule has 3 rings (SSSR count). The lowest BCUT2D eigenvalue weighted by Gasteiger charge is -2.25. The van der Waals surface area contributed by atoms with E-state index in [9.17, 15) is 34.2 Å². The molecular weight excluding hydrogens is 556 g/mol. The highest BCUT2D eigenvalue weighted by molar-refractivity contribution is 5.96. The van der Waals surface area contributed by atoms with Gasteiger partial charge in [0.2, 0.25) is 17.7 Å². The molecule has 1 aromatic heterocycles. The topological polar surface area (TPSA) is 230 Å². The summed E-state index contributed by atoms with van der Waals surface area (Å²) in [6.07, 6.45) is 2.36. The van der Waals surface area contributed by atoms with Crippen molar-refractivity contribution < 1.29 is 34.2 Å². The maximum absolute atomic E-state index is 13.5. The Labute approximate surface area is 248 Å². The van der Waals surface area contributed by atoms with Crippen LogP contribution in [0.1, 0.15) is 36.8 Å². The fourth-order valence-electron chi connectivity index (χ4n) is 4.63. The van der Waals surface area contributed by atoms with Crippen LogP contribution in [-0.2, 0) is 36.8 Å². The second-order valence-corrected chi connectivity index (χ2v) is 10.3. The molecule has 0 bridgehead atoms. The lowest BCUT2D eigenvalue weighted by Crippen LogP contribution is -2.58. The van der Waals surface area contributed by atoms with E-state index in [-0.39, 0.29) is 19.3 Å². The maximum Gasteiger partial charge on any atom is 0.326 e. The number of rotatable bonds is 17. The molecule has 0 fully saturated rings. The third-order valence-electron chi connectivity index (χ3n) is 6.95. The fourth-order valence-corrected chi connectivity index (χ4v) is 4.63. The summed E-state index contributed by atoms with van der Waals surface area (Å²) in [5.74, 6) is -5.07. The molecule has 13 heteroatoms. The van der Waals surface area contributed by atoms with Gasteiger partial charge in [0.05, 0.1) is 12.5 Å². The van der Waals surface area contributed by atoms with Gasteiger partial charge in [-0.25, -0.2) is 4.79 Å². The number of aromatic nitrogens is 1. The Morgan fingerprint density at radius 1 is 0.767 bits per heavy atom. The zero-order chi connectivity index (χ0) is 31.4. The molecule has 3 amide bonds. The van der Waals surface area contributed by atoms with Crippen molar-refractivity contribution in [2.45, 2.75) is 62.7 Å². The number of nitrogens with two attached hydrogens (primary N) is 2. The number of aromatic amines is 1. The van der Waals surface area contributed by atoms with Gasteiger partial charge in [-0.2, -0.15) is 0 Å². The molecule has 13 nitrogen and oxygen atoms in total. The predicted molar refractivity (Wildman–Crippen MR) is 159 cm³/mol. The van der Waals surface area contributed by atoms with Crippen LogP contribution >= 0.6 is 0 Å². The molecule has 2 aromatic carbocycles. The Hall–Kier alpha value is -4.75. The number of carboxylic acids is 2. The summed E-state index contributed by atoms with van der Waals surface area (Å²) >= 11 is 0. The molecule has 3 aromatic rings. The van der Waals surface area contributed by atoms with Gasteiger partial charge in [-0.1, -0.05) is 55.0 Å². The molecule has 230 valence electrons. The van der Waals surface area contributed by atoms with Crippen LogP contribution in [-0.4, -0.2) is 75.6 Å². The molecule has 0 spiro atoms.